The molecule has 2 aromatic rings. The van der Waals surface area contributed by atoms with Gasteiger partial charge in [-0.2, -0.15) is 0 Å². The molecular weight excluding hydrogens is 296 g/mol. The number of nitrogens with zero attached hydrogens (tertiary/aromatic N) is 1. The molecule has 1 atom stereocenters. The number of nitrogens with one attached hydrogen (secondary N) is 1. The number of carbonyl (C=O) groups excluding carboxylic acids is 1. The minimum Gasteiger partial charge on any atom is -0.469 e. The molecule has 3 heterocycles. The molecule has 2 aromatic heterocycles. The van der Waals surface area contributed by atoms with E-state index in [1.54, 1.807) is 13.0 Å². The highest BCUT2D eigenvalue weighted by Crippen LogP contribution is 2.23. The second-order valence-electron chi connectivity index (χ2n) is 5.71. The Hall–Kier alpha value is -2.05. The number of ether oxygens (including phenoxy) is 1. The third-order valence-corrected chi connectivity index (χ3v) is 4.14. The molecule has 1 aliphatic heterocycles. The van der Waals surface area contributed by atoms with E-state index in [1.807, 2.05) is 19.1 Å². The van der Waals surface area contributed by atoms with Gasteiger partial charge in [-0.25, -0.2) is 0 Å². The Labute approximate surface area is 135 Å². The standard InChI is InChI=1S/C17H22N2O4/c1-12-3-4-16(23-12)15(19-6-9-21-10-7-19)11-18-17(20)14-5-8-22-13(14)2/h3-5,8,15H,6-7,9-11H2,1-2H3,(H,18,20)/t15-/m0/s1. The van der Waals surface area contributed by atoms with Crippen LogP contribution in [-0.4, -0.2) is 43.7 Å². The summed E-state index contributed by atoms with van der Waals surface area (Å²) in [6, 6.07) is 5.62. The molecule has 1 N–H and O–H groups in total. The molecule has 0 radical (unpaired) electrons. The van der Waals surface area contributed by atoms with E-state index in [1.165, 1.54) is 6.26 Å². The van der Waals surface area contributed by atoms with E-state index >= 15 is 0 Å². The first-order chi connectivity index (χ1) is 11.1. The van der Waals surface area contributed by atoms with Crippen molar-refractivity contribution in [3.63, 3.8) is 0 Å². The first-order valence-corrected chi connectivity index (χ1v) is 7.85. The molecule has 1 aliphatic rings. The lowest BCUT2D eigenvalue weighted by Gasteiger charge is -2.33. The molecule has 124 valence electrons. The maximum Gasteiger partial charge on any atom is 0.254 e. The summed E-state index contributed by atoms with van der Waals surface area (Å²) in [7, 11) is 0. The van der Waals surface area contributed by atoms with Crippen LogP contribution in [0.5, 0.6) is 0 Å². The minimum atomic E-state index is -0.127. The Balaban J connectivity index is 1.71. The topological polar surface area (TPSA) is 67.9 Å². The van der Waals surface area contributed by atoms with Crippen molar-refractivity contribution in [2.45, 2.75) is 19.9 Å². The summed E-state index contributed by atoms with van der Waals surface area (Å²) in [6.07, 6.45) is 1.53. The zero-order valence-electron chi connectivity index (χ0n) is 13.5. The second kappa shape index (κ2) is 7.02. The van der Waals surface area contributed by atoms with Crippen molar-refractivity contribution >= 4 is 5.91 Å². The minimum absolute atomic E-state index is 0.00348. The van der Waals surface area contributed by atoms with Crippen molar-refractivity contribution in [2.24, 2.45) is 0 Å². The molecule has 1 amide bonds. The number of furan rings is 2. The van der Waals surface area contributed by atoms with Crippen molar-refractivity contribution in [3.8, 4) is 0 Å². The van der Waals surface area contributed by atoms with E-state index in [4.69, 9.17) is 13.6 Å². The van der Waals surface area contributed by atoms with Gasteiger partial charge in [0.1, 0.15) is 17.3 Å². The lowest BCUT2D eigenvalue weighted by atomic mass is 10.1. The highest BCUT2D eigenvalue weighted by Gasteiger charge is 2.26. The van der Waals surface area contributed by atoms with E-state index in [9.17, 15) is 4.79 Å². The van der Waals surface area contributed by atoms with Crippen LogP contribution in [0.1, 0.15) is 33.7 Å². The van der Waals surface area contributed by atoms with Crippen molar-refractivity contribution < 1.29 is 18.4 Å². The quantitative estimate of drug-likeness (QED) is 0.916. The molecule has 0 spiro atoms. The molecule has 0 unspecified atom stereocenters. The Morgan fingerprint density at radius 3 is 2.65 bits per heavy atom. The number of rotatable bonds is 5. The van der Waals surface area contributed by atoms with E-state index in [2.05, 4.69) is 10.2 Å². The molecule has 6 nitrogen and oxygen atoms in total. The molecule has 0 aliphatic carbocycles. The zero-order chi connectivity index (χ0) is 16.2. The number of hydrogen-bond acceptors (Lipinski definition) is 5. The Bertz CT molecular complexity index is 655. The molecule has 3 rings (SSSR count). The Kier molecular flexibility index (Phi) is 4.83. The van der Waals surface area contributed by atoms with Crippen LogP contribution in [0.4, 0.5) is 0 Å². The van der Waals surface area contributed by atoms with Crippen LogP contribution in [0.3, 0.4) is 0 Å². The van der Waals surface area contributed by atoms with E-state index in [-0.39, 0.29) is 11.9 Å². The normalized spacial score (nSPS) is 17.1. The molecular formula is C17H22N2O4. The summed E-state index contributed by atoms with van der Waals surface area (Å²) in [6.45, 7) is 7.24. The van der Waals surface area contributed by atoms with Gasteiger partial charge >= 0.3 is 0 Å². The average molecular weight is 318 g/mol. The van der Waals surface area contributed by atoms with Crippen molar-refractivity contribution in [2.75, 3.05) is 32.8 Å². The summed E-state index contributed by atoms with van der Waals surface area (Å²) in [4.78, 5) is 14.6. The zero-order valence-corrected chi connectivity index (χ0v) is 13.5. The van der Waals surface area contributed by atoms with Gasteiger partial charge in [0, 0.05) is 19.6 Å². The van der Waals surface area contributed by atoms with Crippen LogP contribution < -0.4 is 5.32 Å². The molecule has 0 bridgehead atoms. The number of hydrogen-bond donors (Lipinski definition) is 1. The highest BCUT2D eigenvalue weighted by molar-refractivity contribution is 5.95. The largest absolute Gasteiger partial charge is 0.469 e. The lowest BCUT2D eigenvalue weighted by Crippen LogP contribution is -2.43. The summed E-state index contributed by atoms with van der Waals surface area (Å²) in [5, 5.41) is 2.99. The van der Waals surface area contributed by atoms with Gasteiger partial charge in [-0.3, -0.25) is 9.69 Å². The average Bonchev–Trinajstić information content (AvgIpc) is 3.17. The summed E-state index contributed by atoms with van der Waals surface area (Å²) >= 11 is 0. The summed E-state index contributed by atoms with van der Waals surface area (Å²) < 4.78 is 16.4. The monoisotopic (exact) mass is 318 g/mol. The molecule has 0 aromatic carbocycles. The fraction of sp³-hybridized carbons (Fsp3) is 0.471. The van der Waals surface area contributed by atoms with Gasteiger partial charge in [0.05, 0.1) is 31.1 Å². The molecule has 1 saturated heterocycles. The van der Waals surface area contributed by atoms with Crippen LogP contribution in [0.15, 0.2) is 33.3 Å². The highest BCUT2D eigenvalue weighted by atomic mass is 16.5. The van der Waals surface area contributed by atoms with Gasteiger partial charge in [0.25, 0.3) is 5.91 Å². The summed E-state index contributed by atoms with van der Waals surface area (Å²) in [5.74, 6) is 2.24. The molecule has 0 saturated carbocycles. The fourth-order valence-electron chi connectivity index (χ4n) is 2.84. The first kappa shape index (κ1) is 15.8. The molecule has 6 heteroatoms. The van der Waals surface area contributed by atoms with E-state index < -0.39 is 0 Å². The first-order valence-electron chi connectivity index (χ1n) is 7.85. The van der Waals surface area contributed by atoms with Crippen LogP contribution >= 0.6 is 0 Å². The van der Waals surface area contributed by atoms with Crippen LogP contribution in [0, 0.1) is 13.8 Å². The summed E-state index contributed by atoms with van der Waals surface area (Å²) in [5.41, 5.74) is 0.571. The predicted octanol–water partition coefficient (Wildman–Crippen LogP) is 2.29. The van der Waals surface area contributed by atoms with Crippen molar-refractivity contribution in [1.29, 1.82) is 0 Å². The molecule has 1 fully saturated rings. The van der Waals surface area contributed by atoms with Gasteiger partial charge in [-0.15, -0.1) is 0 Å². The fourth-order valence-corrected chi connectivity index (χ4v) is 2.84. The predicted molar refractivity (Wildman–Crippen MR) is 84.4 cm³/mol. The maximum absolute atomic E-state index is 12.3. The van der Waals surface area contributed by atoms with Gasteiger partial charge in [-0.1, -0.05) is 0 Å². The molecule has 23 heavy (non-hydrogen) atoms. The van der Waals surface area contributed by atoms with E-state index in [0.29, 0.717) is 31.1 Å². The number of amides is 1. The second-order valence-corrected chi connectivity index (χ2v) is 5.71. The van der Waals surface area contributed by atoms with Crippen molar-refractivity contribution in [3.05, 3.63) is 47.3 Å². The van der Waals surface area contributed by atoms with Crippen LogP contribution in [0.2, 0.25) is 0 Å². The van der Waals surface area contributed by atoms with Crippen LogP contribution in [-0.2, 0) is 4.74 Å². The lowest BCUT2D eigenvalue weighted by molar-refractivity contribution is 0.0117. The van der Waals surface area contributed by atoms with Gasteiger partial charge in [0.15, 0.2) is 0 Å². The SMILES string of the molecule is Cc1ccc([C@H](CNC(=O)c2ccoc2C)N2CCOCC2)o1. The van der Waals surface area contributed by atoms with Gasteiger partial charge in [-0.05, 0) is 32.0 Å². The smallest absolute Gasteiger partial charge is 0.254 e. The Morgan fingerprint density at radius 1 is 1.26 bits per heavy atom. The number of carbonyl (C=O) groups is 1. The third kappa shape index (κ3) is 3.65. The van der Waals surface area contributed by atoms with Gasteiger partial charge in [0.2, 0.25) is 0 Å². The Morgan fingerprint density at radius 2 is 2.04 bits per heavy atom. The van der Waals surface area contributed by atoms with Crippen molar-refractivity contribution in [1.82, 2.24) is 10.2 Å². The van der Waals surface area contributed by atoms with Crippen LogP contribution in [0.25, 0.3) is 0 Å². The number of aryl methyl sites for hydroxylation is 2. The third-order valence-electron chi connectivity index (χ3n) is 4.14. The van der Waals surface area contributed by atoms with Gasteiger partial charge < -0.3 is 18.9 Å². The van der Waals surface area contributed by atoms with E-state index in [0.717, 1.165) is 24.6 Å². The number of morpholine rings is 1. The maximum atomic E-state index is 12.3.